The molecule has 2 unspecified atom stereocenters. The van der Waals surface area contributed by atoms with E-state index in [0.29, 0.717) is 11.7 Å². The highest BCUT2D eigenvalue weighted by Crippen LogP contribution is 2.34. The van der Waals surface area contributed by atoms with E-state index in [-0.39, 0.29) is 17.9 Å². The first-order chi connectivity index (χ1) is 9.91. The summed E-state index contributed by atoms with van der Waals surface area (Å²) in [5, 5.41) is 14.2. The van der Waals surface area contributed by atoms with Crippen molar-refractivity contribution in [1.29, 1.82) is 0 Å². The zero-order chi connectivity index (χ0) is 15.5. The standard InChI is InChI=1S/C16H22N2O3/c1-16(2,3)14(20-4)15-17-13(21-18-15)10-12(19)11-8-6-5-7-9-11/h5-9,12,14,19H,10H2,1-4H3. The van der Waals surface area contributed by atoms with E-state index < -0.39 is 6.10 Å². The Morgan fingerprint density at radius 1 is 1.24 bits per heavy atom. The van der Waals surface area contributed by atoms with E-state index in [4.69, 9.17) is 9.26 Å². The molecule has 1 aromatic heterocycles. The zero-order valence-corrected chi connectivity index (χ0v) is 12.9. The number of benzene rings is 1. The van der Waals surface area contributed by atoms with Gasteiger partial charge >= 0.3 is 0 Å². The minimum Gasteiger partial charge on any atom is -0.388 e. The fraction of sp³-hybridized carbons (Fsp3) is 0.500. The van der Waals surface area contributed by atoms with Crippen LogP contribution in [0.15, 0.2) is 34.9 Å². The van der Waals surface area contributed by atoms with Crippen LogP contribution in [-0.2, 0) is 11.2 Å². The van der Waals surface area contributed by atoms with Crippen LogP contribution in [0.3, 0.4) is 0 Å². The molecule has 0 aliphatic rings. The molecule has 2 rings (SSSR count). The molecule has 2 atom stereocenters. The van der Waals surface area contributed by atoms with Crippen LogP contribution in [0.2, 0.25) is 0 Å². The zero-order valence-electron chi connectivity index (χ0n) is 12.9. The van der Waals surface area contributed by atoms with Crippen LogP contribution in [0.1, 0.15) is 50.3 Å². The van der Waals surface area contributed by atoms with Crippen molar-refractivity contribution in [3.8, 4) is 0 Å². The average Bonchev–Trinajstić information content (AvgIpc) is 2.87. The van der Waals surface area contributed by atoms with Gasteiger partial charge in [-0.25, -0.2) is 0 Å². The fourth-order valence-corrected chi connectivity index (χ4v) is 2.26. The van der Waals surface area contributed by atoms with E-state index in [1.165, 1.54) is 0 Å². The monoisotopic (exact) mass is 290 g/mol. The van der Waals surface area contributed by atoms with Gasteiger partial charge in [-0.3, -0.25) is 0 Å². The maximum atomic E-state index is 10.2. The summed E-state index contributed by atoms with van der Waals surface area (Å²) in [4.78, 5) is 4.35. The minimum absolute atomic E-state index is 0.131. The number of hydrogen-bond donors (Lipinski definition) is 1. The molecule has 5 nitrogen and oxygen atoms in total. The molecule has 0 aliphatic carbocycles. The number of aliphatic hydroxyl groups excluding tert-OH is 1. The molecular formula is C16H22N2O3. The van der Waals surface area contributed by atoms with Gasteiger partial charge in [0, 0.05) is 7.11 Å². The van der Waals surface area contributed by atoms with Crippen molar-refractivity contribution in [3.05, 3.63) is 47.6 Å². The Balaban J connectivity index is 2.10. The third kappa shape index (κ3) is 3.89. The largest absolute Gasteiger partial charge is 0.388 e. The number of nitrogens with zero attached hydrogens (tertiary/aromatic N) is 2. The quantitative estimate of drug-likeness (QED) is 0.916. The molecule has 0 fully saturated rings. The smallest absolute Gasteiger partial charge is 0.229 e. The summed E-state index contributed by atoms with van der Waals surface area (Å²) in [6.45, 7) is 6.15. The number of methoxy groups -OCH3 is 1. The van der Waals surface area contributed by atoms with Gasteiger partial charge in [0.2, 0.25) is 11.7 Å². The Labute approximate surface area is 125 Å². The molecule has 1 heterocycles. The van der Waals surface area contributed by atoms with Gasteiger partial charge in [0.05, 0.1) is 12.5 Å². The van der Waals surface area contributed by atoms with Crippen molar-refractivity contribution in [1.82, 2.24) is 10.1 Å². The van der Waals surface area contributed by atoms with Crippen LogP contribution in [-0.4, -0.2) is 22.4 Å². The second kappa shape index (κ2) is 6.37. The van der Waals surface area contributed by atoms with Gasteiger partial charge in [0.25, 0.3) is 0 Å². The molecule has 21 heavy (non-hydrogen) atoms. The molecule has 1 N–H and O–H groups in total. The van der Waals surface area contributed by atoms with Crippen molar-refractivity contribution in [3.63, 3.8) is 0 Å². The van der Waals surface area contributed by atoms with Gasteiger partial charge in [-0.05, 0) is 11.0 Å². The summed E-state index contributed by atoms with van der Waals surface area (Å²) in [6.07, 6.45) is -0.614. The van der Waals surface area contributed by atoms with Crippen molar-refractivity contribution < 1.29 is 14.4 Å². The molecule has 0 spiro atoms. The van der Waals surface area contributed by atoms with Gasteiger partial charge in [-0.2, -0.15) is 4.98 Å². The number of aromatic nitrogens is 2. The summed E-state index contributed by atoms with van der Waals surface area (Å²) in [5.41, 5.74) is 0.699. The summed E-state index contributed by atoms with van der Waals surface area (Å²) < 4.78 is 10.7. The van der Waals surface area contributed by atoms with E-state index in [2.05, 4.69) is 30.9 Å². The van der Waals surface area contributed by atoms with Crippen LogP contribution in [0.5, 0.6) is 0 Å². The lowest BCUT2D eigenvalue weighted by Gasteiger charge is -2.26. The second-order valence-corrected chi connectivity index (χ2v) is 6.16. The van der Waals surface area contributed by atoms with Gasteiger partial charge < -0.3 is 14.4 Å². The van der Waals surface area contributed by atoms with Gasteiger partial charge in [0.1, 0.15) is 6.10 Å². The van der Waals surface area contributed by atoms with E-state index >= 15 is 0 Å². The molecule has 0 saturated carbocycles. The molecule has 0 saturated heterocycles. The molecule has 5 heteroatoms. The van der Waals surface area contributed by atoms with Gasteiger partial charge in [-0.1, -0.05) is 56.3 Å². The normalized spacial score (nSPS) is 14.9. The Morgan fingerprint density at radius 2 is 1.90 bits per heavy atom. The second-order valence-electron chi connectivity index (χ2n) is 6.16. The van der Waals surface area contributed by atoms with Crippen molar-refractivity contribution in [2.75, 3.05) is 7.11 Å². The van der Waals surface area contributed by atoms with Crippen LogP contribution < -0.4 is 0 Å². The van der Waals surface area contributed by atoms with E-state index in [1.807, 2.05) is 30.3 Å². The Kier molecular flexibility index (Phi) is 4.75. The molecule has 2 aromatic rings. The maximum absolute atomic E-state index is 10.2. The SMILES string of the molecule is COC(c1noc(CC(O)c2ccccc2)n1)C(C)(C)C. The van der Waals surface area contributed by atoms with Crippen LogP contribution >= 0.6 is 0 Å². The first kappa shape index (κ1) is 15.7. The molecule has 0 bridgehead atoms. The van der Waals surface area contributed by atoms with Crippen LogP contribution in [0.4, 0.5) is 0 Å². The lowest BCUT2D eigenvalue weighted by atomic mass is 9.88. The number of aliphatic hydroxyl groups is 1. The Morgan fingerprint density at radius 3 is 2.48 bits per heavy atom. The highest BCUT2D eigenvalue weighted by Gasteiger charge is 2.30. The first-order valence-electron chi connectivity index (χ1n) is 7.00. The van der Waals surface area contributed by atoms with Gasteiger partial charge in [-0.15, -0.1) is 0 Å². The highest BCUT2D eigenvalue weighted by molar-refractivity contribution is 5.18. The predicted molar refractivity (Wildman–Crippen MR) is 78.6 cm³/mol. The van der Waals surface area contributed by atoms with Crippen molar-refractivity contribution in [2.24, 2.45) is 5.41 Å². The third-order valence-corrected chi connectivity index (χ3v) is 3.29. The van der Waals surface area contributed by atoms with Crippen molar-refractivity contribution in [2.45, 2.75) is 39.4 Å². The van der Waals surface area contributed by atoms with Crippen LogP contribution in [0.25, 0.3) is 0 Å². The summed E-state index contributed by atoms with van der Waals surface area (Å²) >= 11 is 0. The van der Waals surface area contributed by atoms with E-state index in [1.54, 1.807) is 7.11 Å². The lowest BCUT2D eigenvalue weighted by Crippen LogP contribution is -2.21. The van der Waals surface area contributed by atoms with E-state index in [9.17, 15) is 5.11 Å². The number of ether oxygens (including phenoxy) is 1. The summed E-state index contributed by atoms with van der Waals surface area (Å²) in [6, 6.07) is 9.42. The van der Waals surface area contributed by atoms with Crippen LogP contribution in [0, 0.1) is 5.41 Å². The molecule has 0 amide bonds. The molecule has 0 radical (unpaired) electrons. The maximum Gasteiger partial charge on any atom is 0.229 e. The highest BCUT2D eigenvalue weighted by atomic mass is 16.5. The third-order valence-electron chi connectivity index (χ3n) is 3.29. The van der Waals surface area contributed by atoms with Crippen molar-refractivity contribution >= 4 is 0 Å². The predicted octanol–water partition coefficient (Wildman–Crippen LogP) is 3.08. The average molecular weight is 290 g/mol. The molecular weight excluding hydrogens is 268 g/mol. The van der Waals surface area contributed by atoms with E-state index in [0.717, 1.165) is 5.56 Å². The molecule has 114 valence electrons. The lowest BCUT2D eigenvalue weighted by molar-refractivity contribution is 0.00718. The minimum atomic E-state index is -0.657. The Hall–Kier alpha value is -1.72. The molecule has 0 aliphatic heterocycles. The van der Waals surface area contributed by atoms with Gasteiger partial charge in [0.15, 0.2) is 0 Å². The first-order valence-corrected chi connectivity index (χ1v) is 7.00. The number of hydrogen-bond acceptors (Lipinski definition) is 5. The molecule has 1 aromatic carbocycles. The topological polar surface area (TPSA) is 68.4 Å². The summed E-state index contributed by atoms with van der Waals surface area (Å²) in [5.74, 6) is 0.924. The number of rotatable bonds is 5. The summed E-state index contributed by atoms with van der Waals surface area (Å²) in [7, 11) is 1.63. The Bertz CT molecular complexity index is 560. The fourth-order valence-electron chi connectivity index (χ4n) is 2.26.